The van der Waals surface area contributed by atoms with Crippen LogP contribution < -0.4 is 10.1 Å². The van der Waals surface area contributed by atoms with Crippen LogP contribution in [0.15, 0.2) is 61.2 Å². The summed E-state index contributed by atoms with van der Waals surface area (Å²) in [6.07, 6.45) is 5.00. The van der Waals surface area contributed by atoms with Crippen LogP contribution in [0.1, 0.15) is 16.7 Å². The Balaban J connectivity index is 1.97. The lowest BCUT2D eigenvalue weighted by Gasteiger charge is -2.07. The number of ether oxygens (including phenoxy) is 1. The highest BCUT2D eigenvalue weighted by Crippen LogP contribution is 2.17. The minimum absolute atomic E-state index is 0.148. The van der Waals surface area contributed by atoms with Crippen LogP contribution in [0.2, 0.25) is 0 Å². The second-order valence-corrected chi connectivity index (χ2v) is 5.31. The van der Waals surface area contributed by atoms with Gasteiger partial charge in [0.1, 0.15) is 12.4 Å². The van der Waals surface area contributed by atoms with E-state index >= 15 is 0 Å². The van der Waals surface area contributed by atoms with Gasteiger partial charge >= 0.3 is 0 Å². The van der Waals surface area contributed by atoms with Crippen molar-refractivity contribution in [2.45, 2.75) is 13.8 Å². The van der Waals surface area contributed by atoms with E-state index in [0.29, 0.717) is 6.61 Å². The molecule has 0 radical (unpaired) electrons. The third-order valence-corrected chi connectivity index (χ3v) is 3.33. The van der Waals surface area contributed by atoms with Crippen LogP contribution in [0, 0.1) is 13.8 Å². The molecule has 3 heteroatoms. The van der Waals surface area contributed by atoms with Crippen molar-refractivity contribution in [3.63, 3.8) is 0 Å². The maximum atomic E-state index is 12.0. The van der Waals surface area contributed by atoms with E-state index in [4.69, 9.17) is 4.74 Å². The van der Waals surface area contributed by atoms with E-state index in [0.717, 1.165) is 28.1 Å². The number of aryl methyl sites for hydroxylation is 2. The Bertz CT molecular complexity index is 715. The van der Waals surface area contributed by atoms with Gasteiger partial charge in [-0.1, -0.05) is 36.9 Å². The first kappa shape index (κ1) is 16.6. The Hall–Kier alpha value is -2.81. The SMILES string of the molecule is C=CCOc1ccc(/C=C/C(=O)Nc2cc(C)ccc2C)cc1. The fourth-order valence-electron chi connectivity index (χ4n) is 2.05. The van der Waals surface area contributed by atoms with Gasteiger partial charge in [-0.3, -0.25) is 4.79 Å². The van der Waals surface area contributed by atoms with Crippen LogP contribution in [0.3, 0.4) is 0 Å². The number of hydrogen-bond acceptors (Lipinski definition) is 2. The minimum atomic E-state index is -0.148. The predicted molar refractivity (Wildman–Crippen MR) is 95.7 cm³/mol. The highest BCUT2D eigenvalue weighted by molar-refractivity contribution is 6.02. The van der Waals surface area contributed by atoms with Gasteiger partial charge in [-0.05, 0) is 54.8 Å². The minimum Gasteiger partial charge on any atom is -0.490 e. The first-order chi connectivity index (χ1) is 11.1. The normalized spacial score (nSPS) is 10.5. The second-order valence-electron chi connectivity index (χ2n) is 5.31. The molecule has 0 spiro atoms. The highest BCUT2D eigenvalue weighted by atomic mass is 16.5. The van der Waals surface area contributed by atoms with E-state index < -0.39 is 0 Å². The number of benzene rings is 2. The topological polar surface area (TPSA) is 38.3 Å². The summed E-state index contributed by atoms with van der Waals surface area (Å²) in [5.74, 6) is 0.632. The van der Waals surface area contributed by atoms with Gasteiger partial charge in [0.05, 0.1) is 0 Å². The molecule has 0 aliphatic heterocycles. The standard InChI is InChI=1S/C20H21NO2/c1-4-13-23-18-10-7-17(8-11-18)9-12-20(22)21-19-14-15(2)5-6-16(19)3/h4-12,14H,1,13H2,2-3H3,(H,21,22)/b12-9+. The van der Waals surface area contributed by atoms with Gasteiger partial charge in [-0.2, -0.15) is 0 Å². The van der Waals surface area contributed by atoms with Crippen molar-refractivity contribution in [2.75, 3.05) is 11.9 Å². The third kappa shape index (κ3) is 5.15. The molecule has 2 aromatic rings. The molecular formula is C20H21NO2. The molecule has 2 aromatic carbocycles. The molecule has 0 heterocycles. The Labute approximate surface area is 137 Å². The van der Waals surface area contributed by atoms with Crippen molar-refractivity contribution in [1.29, 1.82) is 0 Å². The Kier molecular flexibility index (Phi) is 5.75. The van der Waals surface area contributed by atoms with Crippen molar-refractivity contribution in [2.24, 2.45) is 0 Å². The zero-order valence-corrected chi connectivity index (χ0v) is 13.5. The van der Waals surface area contributed by atoms with E-state index in [9.17, 15) is 4.79 Å². The van der Waals surface area contributed by atoms with Crippen molar-refractivity contribution >= 4 is 17.7 Å². The number of rotatable bonds is 6. The molecule has 23 heavy (non-hydrogen) atoms. The van der Waals surface area contributed by atoms with Crippen LogP contribution in [0.5, 0.6) is 5.75 Å². The van der Waals surface area contributed by atoms with Gasteiger partial charge in [0.15, 0.2) is 0 Å². The zero-order valence-electron chi connectivity index (χ0n) is 13.5. The maximum absolute atomic E-state index is 12.0. The number of anilines is 1. The zero-order chi connectivity index (χ0) is 16.7. The van der Waals surface area contributed by atoms with Crippen molar-refractivity contribution in [3.8, 4) is 5.75 Å². The fourth-order valence-corrected chi connectivity index (χ4v) is 2.05. The molecule has 3 nitrogen and oxygen atoms in total. The van der Waals surface area contributed by atoms with E-state index in [2.05, 4.69) is 11.9 Å². The summed E-state index contributed by atoms with van der Waals surface area (Å²) in [4.78, 5) is 12.0. The summed E-state index contributed by atoms with van der Waals surface area (Å²) in [6, 6.07) is 13.5. The van der Waals surface area contributed by atoms with E-state index in [1.807, 2.05) is 56.3 Å². The van der Waals surface area contributed by atoms with Gasteiger partial charge in [0.2, 0.25) is 5.91 Å². The van der Waals surface area contributed by atoms with Crippen LogP contribution in [-0.2, 0) is 4.79 Å². The molecule has 118 valence electrons. The smallest absolute Gasteiger partial charge is 0.248 e. The number of amides is 1. The van der Waals surface area contributed by atoms with Gasteiger partial charge in [-0.25, -0.2) is 0 Å². The molecule has 0 atom stereocenters. The Morgan fingerprint density at radius 3 is 2.61 bits per heavy atom. The maximum Gasteiger partial charge on any atom is 0.248 e. The molecule has 0 aromatic heterocycles. The summed E-state index contributed by atoms with van der Waals surface area (Å²) in [6.45, 7) is 8.06. The molecule has 1 amide bonds. The van der Waals surface area contributed by atoms with Crippen LogP contribution in [-0.4, -0.2) is 12.5 Å². The molecule has 0 saturated heterocycles. The monoisotopic (exact) mass is 307 g/mol. The Morgan fingerprint density at radius 2 is 1.91 bits per heavy atom. The van der Waals surface area contributed by atoms with E-state index in [1.165, 1.54) is 6.08 Å². The van der Waals surface area contributed by atoms with Crippen LogP contribution in [0.25, 0.3) is 6.08 Å². The number of hydrogen-bond donors (Lipinski definition) is 1. The first-order valence-electron chi connectivity index (χ1n) is 7.48. The summed E-state index contributed by atoms with van der Waals surface area (Å²) in [5.41, 5.74) is 3.94. The molecule has 0 saturated carbocycles. The van der Waals surface area contributed by atoms with Gasteiger partial charge < -0.3 is 10.1 Å². The predicted octanol–water partition coefficient (Wildman–Crippen LogP) is 4.52. The average Bonchev–Trinajstić information content (AvgIpc) is 2.55. The van der Waals surface area contributed by atoms with Crippen molar-refractivity contribution < 1.29 is 9.53 Å². The lowest BCUT2D eigenvalue weighted by molar-refractivity contribution is -0.111. The third-order valence-electron chi connectivity index (χ3n) is 3.33. The summed E-state index contributed by atoms with van der Waals surface area (Å²) in [7, 11) is 0. The quantitative estimate of drug-likeness (QED) is 0.629. The van der Waals surface area contributed by atoms with Gasteiger partial charge in [0.25, 0.3) is 0 Å². The molecule has 0 aliphatic carbocycles. The van der Waals surface area contributed by atoms with Gasteiger partial charge in [-0.15, -0.1) is 0 Å². The molecule has 0 bridgehead atoms. The van der Waals surface area contributed by atoms with Crippen LogP contribution in [0.4, 0.5) is 5.69 Å². The lowest BCUT2D eigenvalue weighted by Crippen LogP contribution is -2.09. The van der Waals surface area contributed by atoms with E-state index in [1.54, 1.807) is 12.2 Å². The number of carbonyl (C=O) groups excluding carboxylic acids is 1. The first-order valence-corrected chi connectivity index (χ1v) is 7.48. The van der Waals surface area contributed by atoms with Gasteiger partial charge in [0, 0.05) is 11.8 Å². The van der Waals surface area contributed by atoms with Crippen molar-refractivity contribution in [1.82, 2.24) is 0 Å². The average molecular weight is 307 g/mol. The van der Waals surface area contributed by atoms with Crippen LogP contribution >= 0.6 is 0 Å². The molecule has 0 aliphatic rings. The summed E-state index contributed by atoms with van der Waals surface area (Å²) >= 11 is 0. The molecule has 1 N–H and O–H groups in total. The fraction of sp³-hybridized carbons (Fsp3) is 0.150. The number of nitrogens with one attached hydrogen (secondary N) is 1. The molecular weight excluding hydrogens is 286 g/mol. The summed E-state index contributed by atoms with van der Waals surface area (Å²) in [5, 5.41) is 2.90. The molecule has 0 fully saturated rings. The summed E-state index contributed by atoms with van der Waals surface area (Å²) < 4.78 is 5.42. The number of carbonyl (C=O) groups is 1. The van der Waals surface area contributed by atoms with Crippen molar-refractivity contribution in [3.05, 3.63) is 77.9 Å². The highest BCUT2D eigenvalue weighted by Gasteiger charge is 2.02. The van der Waals surface area contributed by atoms with E-state index in [-0.39, 0.29) is 5.91 Å². The molecule has 2 rings (SSSR count). The molecule has 0 unspecified atom stereocenters. The Morgan fingerprint density at radius 1 is 1.17 bits per heavy atom. The largest absolute Gasteiger partial charge is 0.490 e. The lowest BCUT2D eigenvalue weighted by atomic mass is 10.1. The second kappa shape index (κ2) is 7.99.